The van der Waals surface area contributed by atoms with Gasteiger partial charge in [0, 0.05) is 12.8 Å². The smallest absolute Gasteiger partial charge is 0.462 e. The zero-order valence-corrected chi connectivity index (χ0v) is 75.8. The van der Waals surface area contributed by atoms with Crippen LogP contribution in [0.3, 0.4) is 0 Å². The number of hydrogen-bond acceptors (Lipinski definition) is 23. The summed E-state index contributed by atoms with van der Waals surface area (Å²) in [5.74, 6) is -9.40. The van der Waals surface area contributed by atoms with Gasteiger partial charge in [-0.15, -0.1) is 0 Å². The van der Waals surface area contributed by atoms with Gasteiger partial charge in [-0.1, -0.05) is 330 Å². The first-order valence-corrected chi connectivity index (χ1v) is 50.0. The second kappa shape index (κ2) is 68.9. The Morgan fingerprint density at radius 1 is 0.412 bits per heavy atom. The van der Waals surface area contributed by atoms with Crippen molar-refractivity contribution in [1.29, 1.82) is 0 Å². The lowest BCUT2D eigenvalue weighted by Gasteiger charge is -2.48. The van der Waals surface area contributed by atoms with Crippen molar-refractivity contribution in [3.8, 4) is 0 Å². The number of aliphatic hydroxyl groups is 6. The molecule has 2 saturated heterocycles. The highest BCUT2D eigenvalue weighted by molar-refractivity contribution is 7.46. The molecule has 15 atom stereocenters. The molecule has 2 aliphatic heterocycles. The molecule has 2 aliphatic rings. The summed E-state index contributed by atoms with van der Waals surface area (Å²) >= 11 is 0. The van der Waals surface area contributed by atoms with Gasteiger partial charge in [-0.25, -0.2) is 13.7 Å². The summed E-state index contributed by atoms with van der Waals surface area (Å²) in [6.45, 7) is 10.6. The average molecular weight is 1750 g/mol. The predicted octanol–water partition coefficient (Wildman–Crippen LogP) is 16.5. The van der Waals surface area contributed by atoms with Gasteiger partial charge in [-0.2, -0.15) is 0 Å². The van der Waals surface area contributed by atoms with E-state index in [4.69, 9.17) is 42.2 Å². The van der Waals surface area contributed by atoms with Crippen molar-refractivity contribution in [3.05, 3.63) is 0 Å². The Labute approximate surface area is 714 Å². The zero-order chi connectivity index (χ0) is 88.0. The van der Waals surface area contributed by atoms with Crippen LogP contribution in [0.5, 0.6) is 0 Å². The topological polar surface area (TPSA) is 446 Å². The fourth-order valence-corrected chi connectivity index (χ4v) is 16.7. The number of esters is 4. The number of amides is 2. The SMILES string of the molecule is CCCCCCCCCCCC(=O)O[C@H](CCCCCCCCCCC)CC(=O)N[C@H]1[C@H](OC[C@H]2O[C@@](O)(OP(=O)(O)O)[C@H](NC(=O)C[C@@H](O)C(CCCCCCCCCC)OP(=O)(O)O)[C@@H](OC(=O)C[C@H](O)CCCCCCCCC)[C@@H]2O)O[C@H](CO)[C@@H](O)[C@@H]1OC(=O)C[C@@H](CCCCCCCCC)OC(=O)CCCCCCCCCCC. The molecule has 2 amide bonds. The van der Waals surface area contributed by atoms with E-state index in [0.717, 1.165) is 238 Å². The molecule has 12 N–H and O–H groups in total. The molecule has 0 aromatic heterocycles. The normalized spacial score (nSPS) is 21.6. The highest BCUT2D eigenvalue weighted by Crippen LogP contribution is 2.46. The van der Waals surface area contributed by atoms with Crippen molar-refractivity contribution in [2.75, 3.05) is 13.2 Å². The Bertz CT molecular complexity index is 2700. The van der Waals surface area contributed by atoms with Crippen LogP contribution in [0.15, 0.2) is 0 Å². The van der Waals surface area contributed by atoms with Gasteiger partial charge in [-0.05, 0) is 51.4 Å². The van der Waals surface area contributed by atoms with E-state index in [2.05, 4.69) is 52.2 Å². The van der Waals surface area contributed by atoms with Gasteiger partial charge in [0.2, 0.25) is 11.8 Å². The number of rotatable bonds is 78. The summed E-state index contributed by atoms with van der Waals surface area (Å²) in [5.41, 5.74) is 0. The molecule has 0 saturated carbocycles. The number of carbonyl (C=O) groups excluding carboxylic acids is 6. The van der Waals surface area contributed by atoms with Gasteiger partial charge in [0.15, 0.2) is 24.5 Å². The number of aliphatic hydroxyl groups excluding tert-OH is 5. The third kappa shape index (κ3) is 55.0. The second-order valence-corrected chi connectivity index (χ2v) is 36.1. The molecule has 0 bridgehead atoms. The fraction of sp³-hybridized carbons (Fsp3) is 0.932. The van der Waals surface area contributed by atoms with E-state index >= 15 is 0 Å². The molecule has 1 unspecified atom stereocenters. The van der Waals surface area contributed by atoms with Crippen LogP contribution in [0.1, 0.15) is 420 Å². The minimum Gasteiger partial charge on any atom is -0.462 e. The number of hydrogen-bond donors (Lipinski definition) is 12. The summed E-state index contributed by atoms with van der Waals surface area (Å²) in [4.78, 5) is 126. The lowest BCUT2D eigenvalue weighted by atomic mass is 9.94. The molecule has 0 spiro atoms. The van der Waals surface area contributed by atoms with Gasteiger partial charge in [-0.3, -0.25) is 33.3 Å². The van der Waals surface area contributed by atoms with Crippen molar-refractivity contribution in [2.24, 2.45) is 0 Å². The first-order chi connectivity index (χ1) is 57.1. The van der Waals surface area contributed by atoms with E-state index < -0.39 is 182 Å². The van der Waals surface area contributed by atoms with Crippen LogP contribution in [-0.4, -0.2) is 191 Å². The Balaban J connectivity index is 2.84. The highest BCUT2D eigenvalue weighted by Gasteiger charge is 2.61. The molecule has 2 fully saturated rings. The standard InChI is InChI=1S/C88H166N2O27P2/c1-7-13-19-25-31-35-40-46-51-57-69(110-77(96)60-54-48-42-36-32-26-20-14-8-2)63-75(94)89-81-84(113-80(99)64-70(58-52-45-39-30-24-18-12-6)111-78(97)61-55-49-43-37-33-27-21-15-9-3)82(100)73(66-91)112-87(81)109-67-74-83(101)85(114-79(98)62-68(92)56-50-44-38-29-23-17-11-5)86(88(102,115-74)117-119(106,107)108)90-76(95)65-71(93)72(116-118(103,104)105)59-53-47-41-34-28-22-16-10-4/h68-74,81-87,91-93,100-102H,7-67H2,1-6H3,(H,89,94)(H,90,95)(H2,103,104,105)(H2,106,107,108)/t68-,69-,70-,71-,72?,73-,74-,81-,82-,83-,84-,85+,86-,87-,88-/m1/s1. The summed E-state index contributed by atoms with van der Waals surface area (Å²) in [5, 5.41) is 75.8. The maximum Gasteiger partial charge on any atom is 0.474 e. The van der Waals surface area contributed by atoms with E-state index in [9.17, 15) is 88.1 Å². The van der Waals surface area contributed by atoms with Crippen LogP contribution >= 0.6 is 15.6 Å². The largest absolute Gasteiger partial charge is 0.474 e. The van der Waals surface area contributed by atoms with E-state index in [0.29, 0.717) is 51.4 Å². The molecule has 119 heavy (non-hydrogen) atoms. The van der Waals surface area contributed by atoms with Crippen LogP contribution in [0.4, 0.5) is 0 Å². The third-order valence-electron chi connectivity index (χ3n) is 22.6. The lowest BCUT2D eigenvalue weighted by Crippen LogP contribution is -2.72. The number of nitrogens with one attached hydrogen (secondary N) is 2. The maximum absolute atomic E-state index is 15.0. The van der Waals surface area contributed by atoms with Crippen LogP contribution in [-0.2, 0) is 80.1 Å². The molecule has 31 heteroatoms. The van der Waals surface area contributed by atoms with Crippen LogP contribution in [0.2, 0.25) is 0 Å². The summed E-state index contributed by atoms with van der Waals surface area (Å²) in [6.07, 6.45) is 22.4. The van der Waals surface area contributed by atoms with Crippen molar-refractivity contribution < 1.29 is 130 Å². The summed E-state index contributed by atoms with van der Waals surface area (Å²) in [7, 11) is -11.4. The van der Waals surface area contributed by atoms with Gasteiger partial charge >= 0.3 is 45.5 Å². The Kier molecular flexibility index (Phi) is 64.7. The van der Waals surface area contributed by atoms with Crippen molar-refractivity contribution in [3.63, 3.8) is 0 Å². The van der Waals surface area contributed by atoms with E-state index in [-0.39, 0.29) is 38.5 Å². The molecule has 0 aliphatic carbocycles. The second-order valence-electron chi connectivity index (χ2n) is 33.7. The predicted molar refractivity (Wildman–Crippen MR) is 455 cm³/mol. The molecule has 700 valence electrons. The number of phosphoric ester groups is 2. The maximum atomic E-state index is 15.0. The molecular weight excluding hydrogens is 1580 g/mol. The highest BCUT2D eigenvalue weighted by atomic mass is 31.2. The van der Waals surface area contributed by atoms with Crippen LogP contribution in [0.25, 0.3) is 0 Å². The number of phosphoric acid groups is 2. The van der Waals surface area contributed by atoms with Crippen molar-refractivity contribution in [2.45, 2.75) is 512 Å². The summed E-state index contributed by atoms with van der Waals surface area (Å²) in [6, 6.07) is -4.41. The number of unbranched alkanes of at least 4 members (excludes halogenated alkanes) is 43. The molecule has 0 radical (unpaired) electrons. The van der Waals surface area contributed by atoms with E-state index in [1.807, 2.05) is 0 Å². The van der Waals surface area contributed by atoms with Crippen LogP contribution in [0, 0.1) is 0 Å². The minimum absolute atomic E-state index is 0.0947. The molecular formula is C88H166N2O27P2. The lowest BCUT2D eigenvalue weighted by molar-refractivity contribution is -0.404. The Morgan fingerprint density at radius 3 is 1.17 bits per heavy atom. The van der Waals surface area contributed by atoms with Crippen molar-refractivity contribution >= 4 is 51.3 Å². The molecule has 0 aromatic rings. The minimum atomic E-state index is -6.06. The summed E-state index contributed by atoms with van der Waals surface area (Å²) < 4.78 is 77.6. The third-order valence-corrected chi connectivity index (χ3v) is 23.6. The van der Waals surface area contributed by atoms with Gasteiger partial charge in [0.05, 0.1) is 57.2 Å². The van der Waals surface area contributed by atoms with E-state index in [1.165, 1.54) is 25.7 Å². The van der Waals surface area contributed by atoms with Gasteiger partial charge < -0.3 is 94.0 Å². The monoisotopic (exact) mass is 1750 g/mol. The first kappa shape index (κ1) is 112. The average Bonchev–Trinajstić information content (AvgIpc) is 0.755. The van der Waals surface area contributed by atoms with Gasteiger partial charge in [0.1, 0.15) is 42.7 Å². The first-order valence-electron chi connectivity index (χ1n) is 46.9. The van der Waals surface area contributed by atoms with Crippen LogP contribution < -0.4 is 10.6 Å². The van der Waals surface area contributed by atoms with E-state index in [1.54, 1.807) is 0 Å². The van der Waals surface area contributed by atoms with Gasteiger partial charge in [0.25, 0.3) is 0 Å². The molecule has 0 aromatic carbocycles. The Hall–Kier alpha value is -3.32. The fourth-order valence-electron chi connectivity index (χ4n) is 15.6. The number of carbonyl (C=O) groups is 6. The Morgan fingerprint density at radius 2 is 0.765 bits per heavy atom. The van der Waals surface area contributed by atoms with Crippen molar-refractivity contribution in [1.82, 2.24) is 10.6 Å². The molecule has 2 rings (SSSR count). The zero-order valence-electron chi connectivity index (χ0n) is 74.0. The number of ether oxygens (including phenoxy) is 7. The quantitative estimate of drug-likeness (QED) is 0.00884. The molecule has 2 heterocycles. The molecule has 29 nitrogen and oxygen atoms in total.